The summed E-state index contributed by atoms with van der Waals surface area (Å²) in [4.78, 5) is 14.4. The van der Waals surface area contributed by atoms with Crippen LogP contribution >= 0.6 is 0 Å². The number of anilines is 1. The second-order valence-electron chi connectivity index (χ2n) is 5.32. The van der Waals surface area contributed by atoms with Gasteiger partial charge in [-0.05, 0) is 24.3 Å². The van der Waals surface area contributed by atoms with Gasteiger partial charge < -0.3 is 15.0 Å². The molecule has 0 saturated heterocycles. The first-order valence-corrected chi connectivity index (χ1v) is 6.95. The minimum Gasteiger partial charge on any atom is -0.491 e. The zero-order chi connectivity index (χ0) is 14.8. The van der Waals surface area contributed by atoms with Crippen molar-refractivity contribution in [2.45, 2.75) is 6.04 Å². The molecule has 1 atom stereocenters. The van der Waals surface area contributed by atoms with Gasteiger partial charge in [-0.1, -0.05) is 24.3 Å². The second-order valence-corrected chi connectivity index (χ2v) is 5.32. The molecular formula is C17H18N2O2. The van der Waals surface area contributed by atoms with E-state index in [9.17, 15) is 4.79 Å². The van der Waals surface area contributed by atoms with Crippen LogP contribution in [0.4, 0.5) is 5.69 Å². The molecule has 1 N–H and O–H groups in total. The van der Waals surface area contributed by atoms with Gasteiger partial charge in [0.1, 0.15) is 12.4 Å². The van der Waals surface area contributed by atoms with Crippen LogP contribution in [0.15, 0.2) is 48.5 Å². The van der Waals surface area contributed by atoms with Crippen molar-refractivity contribution in [2.75, 3.05) is 25.6 Å². The minimum absolute atomic E-state index is 0.0796. The summed E-state index contributed by atoms with van der Waals surface area (Å²) in [6, 6.07) is 15.3. The molecule has 1 heterocycles. The van der Waals surface area contributed by atoms with Crippen LogP contribution in [-0.2, 0) is 0 Å². The Balaban J connectivity index is 1.77. The molecule has 1 aliphatic rings. The topological polar surface area (TPSA) is 41.6 Å². The van der Waals surface area contributed by atoms with Crippen molar-refractivity contribution in [1.29, 1.82) is 0 Å². The largest absolute Gasteiger partial charge is 0.491 e. The smallest absolute Gasteiger partial charge is 0.251 e. The highest BCUT2D eigenvalue weighted by Gasteiger charge is 2.25. The molecule has 4 heteroatoms. The van der Waals surface area contributed by atoms with E-state index in [1.165, 1.54) is 0 Å². The summed E-state index contributed by atoms with van der Waals surface area (Å²) in [6.07, 6.45) is 0. The molecule has 1 unspecified atom stereocenters. The molecule has 0 aliphatic carbocycles. The molecule has 0 saturated carbocycles. The number of hydrogen-bond acceptors (Lipinski definition) is 3. The van der Waals surface area contributed by atoms with Crippen LogP contribution in [0, 0.1) is 0 Å². The molecular weight excluding hydrogens is 264 g/mol. The molecule has 0 spiro atoms. The highest BCUT2D eigenvalue weighted by atomic mass is 16.5. The number of fused-ring (bicyclic) bond motifs is 1. The number of hydrogen-bond donors (Lipinski definition) is 1. The van der Waals surface area contributed by atoms with Crippen molar-refractivity contribution in [3.05, 3.63) is 59.7 Å². The molecule has 21 heavy (non-hydrogen) atoms. The Bertz CT molecular complexity index is 667. The average Bonchev–Trinajstić information content (AvgIpc) is 2.91. The van der Waals surface area contributed by atoms with Crippen molar-refractivity contribution < 1.29 is 9.53 Å². The first-order valence-electron chi connectivity index (χ1n) is 6.95. The molecule has 0 radical (unpaired) electrons. The molecule has 0 fully saturated rings. The Morgan fingerprint density at radius 2 is 2.00 bits per heavy atom. The van der Waals surface area contributed by atoms with E-state index in [4.69, 9.17) is 4.74 Å². The minimum atomic E-state index is -0.0864. The van der Waals surface area contributed by atoms with Gasteiger partial charge in [-0.15, -0.1) is 0 Å². The van der Waals surface area contributed by atoms with Crippen LogP contribution in [0.5, 0.6) is 5.75 Å². The molecule has 3 rings (SSSR count). The number of nitrogens with one attached hydrogen (secondary N) is 1. The first-order chi connectivity index (χ1) is 10.1. The molecule has 0 bridgehead atoms. The molecule has 108 valence electrons. The summed E-state index contributed by atoms with van der Waals surface area (Å²) in [5.74, 6) is 0.772. The third-order valence-corrected chi connectivity index (χ3v) is 3.63. The molecule has 2 aromatic carbocycles. The predicted octanol–water partition coefficient (Wildman–Crippen LogP) is 2.62. The summed E-state index contributed by atoms with van der Waals surface area (Å²) < 4.78 is 5.59. The Morgan fingerprint density at radius 1 is 1.19 bits per heavy atom. The summed E-state index contributed by atoms with van der Waals surface area (Å²) in [5.41, 5.74) is 2.70. The van der Waals surface area contributed by atoms with E-state index >= 15 is 0 Å². The summed E-state index contributed by atoms with van der Waals surface area (Å²) >= 11 is 0. The fraction of sp³-hybridized carbons (Fsp3) is 0.235. The lowest BCUT2D eigenvalue weighted by molar-refractivity contribution is 0.0930. The fourth-order valence-electron chi connectivity index (χ4n) is 2.45. The van der Waals surface area contributed by atoms with Crippen LogP contribution in [0.3, 0.4) is 0 Å². The van der Waals surface area contributed by atoms with E-state index in [-0.39, 0.29) is 11.9 Å². The summed E-state index contributed by atoms with van der Waals surface area (Å²) in [5, 5.41) is 3.04. The predicted molar refractivity (Wildman–Crippen MR) is 82.9 cm³/mol. The zero-order valence-corrected chi connectivity index (χ0v) is 12.2. The fourth-order valence-corrected chi connectivity index (χ4v) is 2.45. The van der Waals surface area contributed by atoms with Gasteiger partial charge in [0.05, 0.1) is 6.04 Å². The van der Waals surface area contributed by atoms with E-state index in [1.807, 2.05) is 67.5 Å². The Kier molecular flexibility index (Phi) is 3.52. The average molecular weight is 282 g/mol. The van der Waals surface area contributed by atoms with Gasteiger partial charge in [-0.25, -0.2) is 0 Å². The van der Waals surface area contributed by atoms with Crippen molar-refractivity contribution >= 4 is 11.6 Å². The Morgan fingerprint density at radius 3 is 2.81 bits per heavy atom. The number of ether oxygens (including phenoxy) is 1. The lowest BCUT2D eigenvalue weighted by atomic mass is 10.1. The van der Waals surface area contributed by atoms with Crippen LogP contribution in [0.2, 0.25) is 0 Å². The van der Waals surface area contributed by atoms with E-state index in [2.05, 4.69) is 5.32 Å². The van der Waals surface area contributed by atoms with Crippen molar-refractivity contribution in [3.8, 4) is 5.75 Å². The summed E-state index contributed by atoms with van der Waals surface area (Å²) in [6.45, 7) is 0.485. The monoisotopic (exact) mass is 282 g/mol. The van der Waals surface area contributed by atoms with E-state index in [0.717, 1.165) is 17.0 Å². The first kappa shape index (κ1) is 13.5. The zero-order valence-electron chi connectivity index (χ0n) is 12.2. The van der Waals surface area contributed by atoms with Gasteiger partial charge in [0.25, 0.3) is 5.91 Å². The third kappa shape index (κ3) is 2.70. The van der Waals surface area contributed by atoms with Gasteiger partial charge in [-0.2, -0.15) is 0 Å². The maximum Gasteiger partial charge on any atom is 0.251 e. The van der Waals surface area contributed by atoms with Crippen LogP contribution in [-0.4, -0.2) is 26.6 Å². The highest BCUT2D eigenvalue weighted by Crippen LogP contribution is 2.31. The Labute approximate surface area is 124 Å². The number of carbonyl (C=O) groups is 1. The van der Waals surface area contributed by atoms with Crippen LogP contribution < -0.4 is 15.0 Å². The van der Waals surface area contributed by atoms with Crippen LogP contribution in [0.25, 0.3) is 0 Å². The number of benzene rings is 2. The van der Waals surface area contributed by atoms with Gasteiger partial charge in [0.2, 0.25) is 0 Å². The molecule has 1 aliphatic heterocycles. The number of amides is 1. The lowest BCUT2D eigenvalue weighted by Gasteiger charge is -2.15. The molecule has 1 amide bonds. The van der Waals surface area contributed by atoms with Crippen LogP contribution in [0.1, 0.15) is 22.0 Å². The van der Waals surface area contributed by atoms with Crippen molar-refractivity contribution in [2.24, 2.45) is 0 Å². The van der Waals surface area contributed by atoms with Crippen molar-refractivity contribution in [3.63, 3.8) is 0 Å². The maximum atomic E-state index is 12.4. The van der Waals surface area contributed by atoms with Gasteiger partial charge in [0.15, 0.2) is 0 Å². The molecule has 4 nitrogen and oxygen atoms in total. The normalized spacial score (nSPS) is 16.0. The van der Waals surface area contributed by atoms with Gasteiger partial charge >= 0.3 is 0 Å². The number of rotatable bonds is 3. The van der Waals surface area contributed by atoms with Gasteiger partial charge in [-0.3, -0.25) is 4.79 Å². The summed E-state index contributed by atoms with van der Waals surface area (Å²) in [7, 11) is 3.91. The SMILES string of the molecule is CN(C)c1cccc(C(=O)NC2COc3ccccc32)c1. The number of para-hydroxylation sites is 1. The molecule has 0 aromatic heterocycles. The molecule has 2 aromatic rings. The van der Waals surface area contributed by atoms with E-state index in [0.29, 0.717) is 12.2 Å². The third-order valence-electron chi connectivity index (χ3n) is 3.63. The maximum absolute atomic E-state index is 12.4. The highest BCUT2D eigenvalue weighted by molar-refractivity contribution is 5.95. The van der Waals surface area contributed by atoms with Gasteiger partial charge in [0, 0.05) is 30.9 Å². The van der Waals surface area contributed by atoms with Crippen molar-refractivity contribution in [1.82, 2.24) is 5.32 Å². The Hall–Kier alpha value is -2.49. The standard InChI is InChI=1S/C17H18N2O2/c1-19(2)13-7-5-6-12(10-13)17(20)18-15-11-21-16-9-4-3-8-14(15)16/h3-10,15H,11H2,1-2H3,(H,18,20). The van der Waals surface area contributed by atoms with E-state index in [1.54, 1.807) is 0 Å². The lowest BCUT2D eigenvalue weighted by Crippen LogP contribution is -2.29. The van der Waals surface area contributed by atoms with E-state index < -0.39 is 0 Å². The number of nitrogens with zero attached hydrogens (tertiary/aromatic N) is 1. The number of carbonyl (C=O) groups excluding carboxylic acids is 1. The quantitative estimate of drug-likeness (QED) is 0.941. The second kappa shape index (κ2) is 5.48.